The van der Waals surface area contributed by atoms with Gasteiger partial charge < -0.3 is 10.2 Å². The third-order valence-corrected chi connectivity index (χ3v) is 3.29. The Labute approximate surface area is 128 Å². The number of nitrogens with one attached hydrogen (secondary N) is 1. The molecule has 0 saturated carbocycles. The van der Waals surface area contributed by atoms with Crippen molar-refractivity contribution >= 4 is 11.6 Å². The number of alkyl halides is 3. The monoisotopic (exact) mass is 326 g/mol. The lowest BCUT2D eigenvalue weighted by Crippen LogP contribution is -2.30. The number of rotatable bonds is 8. The molecule has 0 aliphatic heterocycles. The maximum Gasteiger partial charge on any atom is 0.390 e. The molecular formula is C13H22ClF3N4. The predicted octanol–water partition coefficient (Wildman–Crippen LogP) is 3.09. The molecule has 1 aromatic rings. The van der Waals surface area contributed by atoms with Crippen molar-refractivity contribution in [2.75, 3.05) is 27.2 Å². The molecule has 122 valence electrons. The molecule has 0 saturated heterocycles. The van der Waals surface area contributed by atoms with Crippen molar-refractivity contribution in [2.45, 2.75) is 38.5 Å². The average molecular weight is 327 g/mol. The number of likely N-dealkylation sites (N-methyl/N-ethyl adjacent to an activating group) is 1. The Bertz CT molecular complexity index is 432. The largest absolute Gasteiger partial charge is 0.390 e. The maximum atomic E-state index is 12.8. The van der Waals surface area contributed by atoms with E-state index >= 15 is 0 Å². The van der Waals surface area contributed by atoms with E-state index in [0.717, 1.165) is 6.42 Å². The minimum Gasteiger partial charge on any atom is -0.308 e. The highest BCUT2D eigenvalue weighted by Gasteiger charge is 2.34. The summed E-state index contributed by atoms with van der Waals surface area (Å²) in [6, 6.07) is -0.873. The fourth-order valence-corrected chi connectivity index (χ4v) is 2.28. The lowest BCUT2D eigenvalue weighted by Gasteiger charge is -2.22. The van der Waals surface area contributed by atoms with Crippen LogP contribution >= 0.6 is 11.6 Å². The van der Waals surface area contributed by atoms with E-state index in [1.54, 1.807) is 4.68 Å². The van der Waals surface area contributed by atoms with Crippen LogP contribution in [-0.4, -0.2) is 48.0 Å². The Morgan fingerprint density at radius 1 is 1.43 bits per heavy atom. The Morgan fingerprint density at radius 2 is 2.10 bits per heavy atom. The minimum absolute atomic E-state index is 0.270. The lowest BCUT2D eigenvalue weighted by molar-refractivity contribution is -0.140. The normalized spacial score (nSPS) is 13.9. The molecule has 0 spiro atoms. The molecule has 21 heavy (non-hydrogen) atoms. The first kappa shape index (κ1) is 18.3. The second-order valence-electron chi connectivity index (χ2n) is 5.23. The van der Waals surface area contributed by atoms with Gasteiger partial charge in [-0.15, -0.1) is 0 Å². The van der Waals surface area contributed by atoms with Gasteiger partial charge in [-0.3, -0.25) is 4.68 Å². The summed E-state index contributed by atoms with van der Waals surface area (Å²) < 4.78 is 39.9. The van der Waals surface area contributed by atoms with Crippen LogP contribution in [0.3, 0.4) is 0 Å². The molecule has 1 unspecified atom stereocenters. The van der Waals surface area contributed by atoms with Crippen molar-refractivity contribution in [3.8, 4) is 0 Å². The highest BCUT2D eigenvalue weighted by molar-refractivity contribution is 6.31. The van der Waals surface area contributed by atoms with Crippen LogP contribution in [0.25, 0.3) is 0 Å². The highest BCUT2D eigenvalue weighted by atomic mass is 35.5. The van der Waals surface area contributed by atoms with Crippen LogP contribution in [0.4, 0.5) is 13.2 Å². The van der Waals surface area contributed by atoms with Gasteiger partial charge in [0.25, 0.3) is 0 Å². The third-order valence-electron chi connectivity index (χ3n) is 3.00. The Kier molecular flexibility index (Phi) is 6.96. The van der Waals surface area contributed by atoms with Crippen molar-refractivity contribution < 1.29 is 13.2 Å². The minimum atomic E-state index is -4.26. The number of hydrogen-bond donors (Lipinski definition) is 1. The maximum absolute atomic E-state index is 12.8. The van der Waals surface area contributed by atoms with Gasteiger partial charge in [0.1, 0.15) is 0 Å². The van der Waals surface area contributed by atoms with Gasteiger partial charge in [0.15, 0.2) is 0 Å². The zero-order valence-corrected chi connectivity index (χ0v) is 13.3. The summed E-state index contributed by atoms with van der Waals surface area (Å²) in [5.74, 6) is 0. The molecule has 0 bridgehead atoms. The first-order chi connectivity index (χ1) is 9.74. The van der Waals surface area contributed by atoms with E-state index < -0.39 is 18.6 Å². The van der Waals surface area contributed by atoms with Gasteiger partial charge in [0.2, 0.25) is 0 Å². The second kappa shape index (κ2) is 8.00. The van der Waals surface area contributed by atoms with Crippen LogP contribution in [0.15, 0.2) is 6.20 Å². The summed E-state index contributed by atoms with van der Waals surface area (Å²) in [5.41, 5.74) is 0.407. The van der Waals surface area contributed by atoms with Gasteiger partial charge in [0, 0.05) is 6.54 Å². The molecule has 0 radical (unpaired) electrons. The molecule has 0 aliphatic carbocycles. The standard InChI is InChI=1S/C13H22ClF3N4/c1-4-5-18-11(8-13(15,16)17)12-10(14)9-19-21(12)7-6-20(2)3/h9,11,18H,4-8H2,1-3H3. The number of hydrogen-bond acceptors (Lipinski definition) is 3. The molecule has 1 rings (SSSR count). The number of nitrogens with zero attached hydrogens (tertiary/aromatic N) is 3. The first-order valence-corrected chi connectivity index (χ1v) is 7.28. The fourth-order valence-electron chi connectivity index (χ4n) is 2.01. The van der Waals surface area contributed by atoms with Crippen molar-refractivity contribution in [1.82, 2.24) is 20.0 Å². The van der Waals surface area contributed by atoms with Crippen molar-refractivity contribution in [1.29, 1.82) is 0 Å². The summed E-state index contributed by atoms with van der Waals surface area (Å²) >= 11 is 6.06. The van der Waals surface area contributed by atoms with Gasteiger partial charge in [-0.2, -0.15) is 18.3 Å². The molecule has 4 nitrogen and oxygen atoms in total. The van der Waals surface area contributed by atoms with Crippen LogP contribution in [0.5, 0.6) is 0 Å². The van der Waals surface area contributed by atoms with E-state index in [9.17, 15) is 13.2 Å². The van der Waals surface area contributed by atoms with E-state index in [1.807, 2.05) is 25.9 Å². The highest BCUT2D eigenvalue weighted by Crippen LogP contribution is 2.32. The van der Waals surface area contributed by atoms with Crippen molar-refractivity contribution in [3.63, 3.8) is 0 Å². The molecule has 1 aromatic heterocycles. The smallest absolute Gasteiger partial charge is 0.308 e. The third kappa shape index (κ3) is 6.23. The molecule has 0 fully saturated rings. The molecule has 0 aliphatic rings. The van der Waals surface area contributed by atoms with Crippen LogP contribution < -0.4 is 5.32 Å². The van der Waals surface area contributed by atoms with E-state index in [4.69, 9.17) is 11.6 Å². The van der Waals surface area contributed by atoms with Crippen LogP contribution in [0.1, 0.15) is 31.5 Å². The lowest BCUT2D eigenvalue weighted by atomic mass is 10.1. The zero-order valence-electron chi connectivity index (χ0n) is 12.5. The number of aromatic nitrogens is 2. The molecule has 1 heterocycles. The molecule has 8 heteroatoms. The quantitative estimate of drug-likeness (QED) is 0.797. The SMILES string of the molecule is CCCNC(CC(F)(F)F)c1c(Cl)cnn1CCN(C)C. The van der Waals surface area contributed by atoms with Gasteiger partial charge in [0.05, 0.1) is 35.9 Å². The first-order valence-electron chi connectivity index (χ1n) is 6.90. The van der Waals surface area contributed by atoms with E-state index in [2.05, 4.69) is 10.4 Å². The average Bonchev–Trinajstić information content (AvgIpc) is 2.72. The second-order valence-corrected chi connectivity index (χ2v) is 5.64. The topological polar surface area (TPSA) is 33.1 Å². The molecular weight excluding hydrogens is 305 g/mol. The number of halogens is 4. The van der Waals surface area contributed by atoms with E-state index in [-0.39, 0.29) is 5.02 Å². The van der Waals surface area contributed by atoms with Crippen LogP contribution in [0.2, 0.25) is 5.02 Å². The summed E-state index contributed by atoms with van der Waals surface area (Å²) in [5, 5.41) is 7.29. The zero-order chi connectivity index (χ0) is 16.0. The Hall–Kier alpha value is -0.790. The van der Waals surface area contributed by atoms with E-state index in [0.29, 0.717) is 25.3 Å². The van der Waals surface area contributed by atoms with Crippen LogP contribution in [-0.2, 0) is 6.54 Å². The fraction of sp³-hybridized carbons (Fsp3) is 0.769. The van der Waals surface area contributed by atoms with Gasteiger partial charge >= 0.3 is 6.18 Å². The summed E-state index contributed by atoms with van der Waals surface area (Å²) in [6.45, 7) is 3.58. The molecule has 0 amide bonds. The summed E-state index contributed by atoms with van der Waals surface area (Å²) in [7, 11) is 3.79. The molecule has 1 atom stereocenters. The molecule has 1 N–H and O–H groups in total. The van der Waals surface area contributed by atoms with Crippen molar-refractivity contribution in [2.24, 2.45) is 0 Å². The Balaban J connectivity index is 2.96. The van der Waals surface area contributed by atoms with Crippen LogP contribution in [0, 0.1) is 0 Å². The Morgan fingerprint density at radius 3 is 2.62 bits per heavy atom. The predicted molar refractivity (Wildman–Crippen MR) is 77.5 cm³/mol. The van der Waals surface area contributed by atoms with Gasteiger partial charge in [-0.1, -0.05) is 18.5 Å². The summed E-state index contributed by atoms with van der Waals surface area (Å²) in [4.78, 5) is 1.94. The van der Waals surface area contributed by atoms with Crippen molar-refractivity contribution in [3.05, 3.63) is 16.9 Å². The summed E-state index contributed by atoms with van der Waals surface area (Å²) in [6.07, 6.45) is -3.06. The van der Waals surface area contributed by atoms with Gasteiger partial charge in [-0.25, -0.2) is 0 Å². The van der Waals surface area contributed by atoms with E-state index in [1.165, 1.54) is 6.20 Å². The molecule has 0 aromatic carbocycles. The van der Waals surface area contributed by atoms with Gasteiger partial charge in [-0.05, 0) is 27.1 Å².